The number of amides is 1. The predicted molar refractivity (Wildman–Crippen MR) is 134 cm³/mol. The highest BCUT2D eigenvalue weighted by Crippen LogP contribution is 2.27. The molecule has 0 unspecified atom stereocenters. The van der Waals surface area contributed by atoms with Crippen LogP contribution in [0.2, 0.25) is 0 Å². The maximum atomic E-state index is 13.1. The lowest BCUT2D eigenvalue weighted by Gasteiger charge is -2.32. The Balaban J connectivity index is 1.59. The summed E-state index contributed by atoms with van der Waals surface area (Å²) in [6, 6.07) is 15.0. The van der Waals surface area contributed by atoms with Crippen molar-refractivity contribution in [3.05, 3.63) is 64.1 Å². The van der Waals surface area contributed by atoms with Crippen LogP contribution in [-0.2, 0) is 20.6 Å². The molecule has 2 aromatic carbocycles. The van der Waals surface area contributed by atoms with Gasteiger partial charge in [0.15, 0.2) is 0 Å². The summed E-state index contributed by atoms with van der Waals surface area (Å²) in [6.45, 7) is 5.01. The van der Waals surface area contributed by atoms with Gasteiger partial charge in [-0.2, -0.15) is 0 Å². The van der Waals surface area contributed by atoms with Crippen LogP contribution in [0.5, 0.6) is 5.75 Å². The number of benzene rings is 2. The summed E-state index contributed by atoms with van der Waals surface area (Å²) >= 11 is 3.37. The molecular weight excluding hydrogens is 504 g/mol. The number of halogens is 1. The molecular formula is C25H33BrN2O4S. The van der Waals surface area contributed by atoms with Crippen molar-refractivity contribution in [3.8, 4) is 5.75 Å². The van der Waals surface area contributed by atoms with Crippen LogP contribution >= 0.6 is 15.9 Å². The number of rotatable bonds is 9. The van der Waals surface area contributed by atoms with Crippen molar-refractivity contribution in [2.45, 2.75) is 44.9 Å². The molecule has 1 amide bonds. The van der Waals surface area contributed by atoms with E-state index in [2.05, 4.69) is 35.1 Å². The van der Waals surface area contributed by atoms with Crippen molar-refractivity contribution in [3.63, 3.8) is 0 Å². The Morgan fingerprint density at radius 1 is 1.09 bits per heavy atom. The number of methoxy groups -OCH3 is 1. The van der Waals surface area contributed by atoms with Crippen LogP contribution in [0.1, 0.15) is 50.3 Å². The molecule has 0 aliphatic carbocycles. The third kappa shape index (κ3) is 7.29. The van der Waals surface area contributed by atoms with E-state index in [1.54, 1.807) is 7.11 Å². The molecule has 0 spiro atoms. The Bertz CT molecular complexity index is 1020. The second kappa shape index (κ2) is 11.5. The predicted octanol–water partition coefficient (Wildman–Crippen LogP) is 4.90. The summed E-state index contributed by atoms with van der Waals surface area (Å²) in [5.74, 6) is 0.997. The van der Waals surface area contributed by atoms with E-state index >= 15 is 0 Å². The van der Waals surface area contributed by atoms with E-state index in [0.29, 0.717) is 31.8 Å². The van der Waals surface area contributed by atoms with Gasteiger partial charge in [0.25, 0.3) is 0 Å². The first-order valence-electron chi connectivity index (χ1n) is 11.3. The van der Waals surface area contributed by atoms with Crippen LogP contribution in [0, 0.1) is 11.8 Å². The number of ether oxygens (including phenoxy) is 1. The van der Waals surface area contributed by atoms with Crippen LogP contribution in [0.3, 0.4) is 0 Å². The molecule has 1 aliphatic heterocycles. The van der Waals surface area contributed by atoms with Gasteiger partial charge < -0.3 is 10.1 Å². The van der Waals surface area contributed by atoms with E-state index in [9.17, 15) is 13.2 Å². The first kappa shape index (κ1) is 25.7. The van der Waals surface area contributed by atoms with Crippen LogP contribution < -0.4 is 10.1 Å². The van der Waals surface area contributed by atoms with Crippen molar-refractivity contribution in [2.24, 2.45) is 11.8 Å². The van der Waals surface area contributed by atoms with Crippen molar-refractivity contribution in [1.29, 1.82) is 0 Å². The first-order valence-corrected chi connectivity index (χ1v) is 13.7. The molecule has 2 aromatic rings. The van der Waals surface area contributed by atoms with Gasteiger partial charge in [0.2, 0.25) is 15.9 Å². The second-order valence-corrected chi connectivity index (χ2v) is 11.9. The van der Waals surface area contributed by atoms with Gasteiger partial charge in [0, 0.05) is 23.5 Å². The van der Waals surface area contributed by atoms with Crippen molar-refractivity contribution in [2.75, 3.05) is 20.2 Å². The van der Waals surface area contributed by atoms with E-state index in [1.165, 1.54) is 4.31 Å². The minimum atomic E-state index is -3.41. The Hall–Kier alpha value is -1.90. The highest BCUT2D eigenvalue weighted by molar-refractivity contribution is 9.10. The Morgan fingerprint density at radius 3 is 2.24 bits per heavy atom. The number of hydrogen-bond acceptors (Lipinski definition) is 4. The fourth-order valence-electron chi connectivity index (χ4n) is 4.15. The summed E-state index contributed by atoms with van der Waals surface area (Å²) in [6.07, 6.45) is 1.89. The molecule has 1 fully saturated rings. The average Bonchev–Trinajstić information content (AvgIpc) is 2.80. The third-order valence-corrected chi connectivity index (χ3v) is 8.40. The van der Waals surface area contributed by atoms with Gasteiger partial charge in [0.1, 0.15) is 5.75 Å². The molecule has 1 atom stereocenters. The summed E-state index contributed by atoms with van der Waals surface area (Å²) in [7, 11) is -1.78. The zero-order chi connectivity index (χ0) is 24.0. The van der Waals surface area contributed by atoms with Gasteiger partial charge >= 0.3 is 0 Å². The average molecular weight is 538 g/mol. The molecule has 0 aromatic heterocycles. The van der Waals surface area contributed by atoms with Gasteiger partial charge in [-0.05, 0) is 60.6 Å². The lowest BCUT2D eigenvalue weighted by Crippen LogP contribution is -2.44. The molecule has 0 saturated carbocycles. The molecule has 180 valence electrons. The summed E-state index contributed by atoms with van der Waals surface area (Å²) < 4.78 is 33.4. The van der Waals surface area contributed by atoms with Crippen LogP contribution in [0.15, 0.2) is 53.0 Å². The molecule has 0 bridgehead atoms. The number of piperidine rings is 1. The Morgan fingerprint density at radius 2 is 1.70 bits per heavy atom. The largest absolute Gasteiger partial charge is 0.497 e. The smallest absolute Gasteiger partial charge is 0.223 e. The molecule has 3 rings (SSSR count). The Labute approximate surface area is 205 Å². The fraction of sp³-hybridized carbons (Fsp3) is 0.480. The molecule has 8 heteroatoms. The van der Waals surface area contributed by atoms with Crippen LogP contribution in [-0.4, -0.2) is 38.8 Å². The molecule has 1 N–H and O–H groups in total. The van der Waals surface area contributed by atoms with E-state index in [1.807, 2.05) is 48.5 Å². The topological polar surface area (TPSA) is 75.7 Å². The standard InChI is InChI=1S/C25H33BrN2O4S/c1-18(2)16-24(20-6-10-23(32-3)11-7-20)27-25(29)21-12-14-28(15-13-21)33(30,31)17-19-4-8-22(26)9-5-19/h4-11,18,21,24H,12-17H2,1-3H3,(H,27,29)/t24-/m0/s1. The minimum Gasteiger partial charge on any atom is -0.497 e. The number of nitrogens with zero attached hydrogens (tertiary/aromatic N) is 1. The summed E-state index contributed by atoms with van der Waals surface area (Å²) in [5.41, 5.74) is 1.81. The molecule has 1 heterocycles. The van der Waals surface area contributed by atoms with E-state index in [4.69, 9.17) is 4.74 Å². The number of nitrogens with one attached hydrogen (secondary N) is 1. The summed E-state index contributed by atoms with van der Waals surface area (Å²) in [4.78, 5) is 13.1. The Kier molecular flexibility index (Phi) is 8.95. The molecule has 0 radical (unpaired) electrons. The molecule has 1 aliphatic rings. The second-order valence-electron chi connectivity index (χ2n) is 9.02. The lowest BCUT2D eigenvalue weighted by atomic mass is 9.93. The number of carbonyl (C=O) groups excluding carboxylic acids is 1. The fourth-order valence-corrected chi connectivity index (χ4v) is 5.98. The first-order chi connectivity index (χ1) is 15.7. The SMILES string of the molecule is COc1ccc([C@H](CC(C)C)NC(=O)C2CCN(S(=O)(=O)Cc3ccc(Br)cc3)CC2)cc1. The zero-order valence-electron chi connectivity index (χ0n) is 19.5. The third-order valence-electron chi connectivity index (χ3n) is 6.02. The molecule has 1 saturated heterocycles. The van der Waals surface area contributed by atoms with E-state index in [-0.39, 0.29) is 23.6 Å². The van der Waals surface area contributed by atoms with Gasteiger partial charge in [-0.25, -0.2) is 12.7 Å². The molecule has 6 nitrogen and oxygen atoms in total. The van der Waals surface area contributed by atoms with Crippen LogP contribution in [0.4, 0.5) is 0 Å². The van der Waals surface area contributed by atoms with Crippen LogP contribution in [0.25, 0.3) is 0 Å². The maximum absolute atomic E-state index is 13.1. The number of carbonyl (C=O) groups is 1. The van der Waals surface area contributed by atoms with Crippen molar-refractivity contribution in [1.82, 2.24) is 9.62 Å². The highest BCUT2D eigenvalue weighted by Gasteiger charge is 2.32. The summed E-state index contributed by atoms with van der Waals surface area (Å²) in [5, 5.41) is 3.22. The lowest BCUT2D eigenvalue weighted by molar-refractivity contribution is -0.127. The van der Waals surface area contributed by atoms with Crippen molar-refractivity contribution >= 4 is 31.9 Å². The zero-order valence-corrected chi connectivity index (χ0v) is 21.9. The maximum Gasteiger partial charge on any atom is 0.223 e. The van der Waals surface area contributed by atoms with E-state index < -0.39 is 10.0 Å². The van der Waals surface area contributed by atoms with Gasteiger partial charge in [-0.3, -0.25) is 4.79 Å². The van der Waals surface area contributed by atoms with Gasteiger partial charge in [-0.1, -0.05) is 54.0 Å². The molecule has 33 heavy (non-hydrogen) atoms. The van der Waals surface area contributed by atoms with Crippen molar-refractivity contribution < 1.29 is 17.9 Å². The van der Waals surface area contributed by atoms with Gasteiger partial charge in [-0.15, -0.1) is 0 Å². The van der Waals surface area contributed by atoms with E-state index in [0.717, 1.165) is 27.8 Å². The number of hydrogen-bond donors (Lipinski definition) is 1. The number of sulfonamides is 1. The minimum absolute atomic E-state index is 0.00132. The van der Waals surface area contributed by atoms with Gasteiger partial charge in [0.05, 0.1) is 18.9 Å². The highest BCUT2D eigenvalue weighted by atomic mass is 79.9. The normalized spacial score (nSPS) is 16.5. The quantitative estimate of drug-likeness (QED) is 0.494. The monoisotopic (exact) mass is 536 g/mol.